The second-order valence-corrected chi connectivity index (χ2v) is 6.37. The van der Waals surface area contributed by atoms with E-state index in [1.807, 2.05) is 6.07 Å². The van der Waals surface area contributed by atoms with Crippen molar-refractivity contribution in [1.82, 2.24) is 0 Å². The predicted molar refractivity (Wildman–Crippen MR) is 81.5 cm³/mol. The van der Waals surface area contributed by atoms with E-state index in [-0.39, 0.29) is 10.6 Å². The molecule has 8 heteroatoms. The maximum absolute atomic E-state index is 12.4. The minimum Gasteiger partial charge on any atom is -0.372 e. The molecule has 0 N–H and O–H groups in total. The summed E-state index contributed by atoms with van der Waals surface area (Å²) in [6, 6.07) is 9.87. The summed E-state index contributed by atoms with van der Waals surface area (Å²) < 4.78 is 29.6. The quantitative estimate of drug-likeness (QED) is 0.483. The lowest BCUT2D eigenvalue weighted by Gasteiger charge is -2.10. The molecule has 0 aliphatic rings. The molecule has 0 heterocycles. The molecule has 0 spiro atoms. The van der Waals surface area contributed by atoms with Crippen molar-refractivity contribution in [3.8, 4) is 11.8 Å². The summed E-state index contributed by atoms with van der Waals surface area (Å²) in [5.74, 6) is -0.357. The zero-order valence-electron chi connectivity index (χ0n) is 12.3. The van der Waals surface area contributed by atoms with Crippen molar-refractivity contribution in [2.45, 2.75) is 18.7 Å². The number of hydrogen-bond donors (Lipinski definition) is 0. The first kappa shape index (κ1) is 16.5. The fourth-order valence-electron chi connectivity index (χ4n) is 2.00. The van der Waals surface area contributed by atoms with E-state index in [0.717, 1.165) is 0 Å². The Morgan fingerprint density at radius 2 is 1.87 bits per heavy atom. The van der Waals surface area contributed by atoms with Crippen LogP contribution in [0.25, 0.3) is 0 Å². The van der Waals surface area contributed by atoms with Crippen molar-refractivity contribution < 1.29 is 17.5 Å². The number of nitro groups is 1. The zero-order valence-corrected chi connectivity index (χ0v) is 13.1. The molecule has 0 amide bonds. The van der Waals surface area contributed by atoms with Crippen LogP contribution in [0.1, 0.15) is 16.7 Å². The molecular formula is C15H12N2O5S. The summed E-state index contributed by atoms with van der Waals surface area (Å²) in [5, 5.41) is 19.9. The third-order valence-corrected chi connectivity index (χ3v) is 4.48. The molecule has 118 valence electrons. The van der Waals surface area contributed by atoms with Crippen molar-refractivity contribution >= 4 is 15.8 Å². The molecule has 2 aromatic carbocycles. The van der Waals surface area contributed by atoms with E-state index in [4.69, 9.17) is 9.44 Å². The van der Waals surface area contributed by atoms with E-state index in [9.17, 15) is 18.5 Å². The smallest absolute Gasteiger partial charge is 0.339 e. The highest BCUT2D eigenvalue weighted by Crippen LogP contribution is 2.31. The van der Waals surface area contributed by atoms with E-state index >= 15 is 0 Å². The second kappa shape index (κ2) is 6.06. The van der Waals surface area contributed by atoms with Crippen molar-refractivity contribution in [3.63, 3.8) is 0 Å². The summed E-state index contributed by atoms with van der Waals surface area (Å²) in [6.45, 7) is 3.16. The highest BCUT2D eigenvalue weighted by Gasteiger charge is 2.24. The summed E-state index contributed by atoms with van der Waals surface area (Å²) >= 11 is 0. The molecule has 0 fully saturated rings. The molecular weight excluding hydrogens is 320 g/mol. The average molecular weight is 332 g/mol. The van der Waals surface area contributed by atoms with Crippen LogP contribution >= 0.6 is 0 Å². The monoisotopic (exact) mass is 332 g/mol. The third-order valence-electron chi connectivity index (χ3n) is 3.08. The normalized spacial score (nSPS) is 10.8. The van der Waals surface area contributed by atoms with Gasteiger partial charge in [-0.05, 0) is 49.2 Å². The predicted octanol–water partition coefficient (Wildman–Crippen LogP) is 2.85. The first-order valence-electron chi connectivity index (χ1n) is 6.45. The van der Waals surface area contributed by atoms with Crippen LogP contribution in [0.3, 0.4) is 0 Å². The van der Waals surface area contributed by atoms with E-state index in [1.165, 1.54) is 43.3 Å². The first-order valence-corrected chi connectivity index (χ1v) is 7.85. The number of nitriles is 1. The molecule has 0 saturated carbocycles. The minimum absolute atomic E-state index is 0.147. The van der Waals surface area contributed by atoms with Gasteiger partial charge in [0.05, 0.1) is 16.6 Å². The molecule has 0 unspecified atom stereocenters. The average Bonchev–Trinajstić information content (AvgIpc) is 2.48. The third kappa shape index (κ3) is 3.46. The number of nitrogens with zero attached hydrogens (tertiary/aromatic N) is 2. The van der Waals surface area contributed by atoms with Crippen molar-refractivity contribution in [3.05, 3.63) is 63.2 Å². The topological polar surface area (TPSA) is 110 Å². The Kier molecular flexibility index (Phi) is 4.33. The number of aryl methyl sites for hydroxylation is 2. The van der Waals surface area contributed by atoms with Crippen LogP contribution < -0.4 is 4.18 Å². The van der Waals surface area contributed by atoms with E-state index in [1.54, 1.807) is 6.92 Å². The summed E-state index contributed by atoms with van der Waals surface area (Å²) in [7, 11) is -4.25. The van der Waals surface area contributed by atoms with Crippen LogP contribution in [-0.2, 0) is 10.1 Å². The second-order valence-electron chi connectivity index (χ2n) is 4.86. The van der Waals surface area contributed by atoms with Crippen molar-refractivity contribution in [1.29, 1.82) is 5.26 Å². The van der Waals surface area contributed by atoms with Crippen molar-refractivity contribution in [2.75, 3.05) is 0 Å². The summed E-state index contributed by atoms with van der Waals surface area (Å²) in [6.07, 6.45) is 0. The number of nitro benzene ring substituents is 1. The van der Waals surface area contributed by atoms with Gasteiger partial charge in [0, 0.05) is 6.07 Å². The van der Waals surface area contributed by atoms with Gasteiger partial charge in [0.1, 0.15) is 4.90 Å². The molecule has 0 aliphatic heterocycles. The minimum atomic E-state index is -4.25. The van der Waals surface area contributed by atoms with Gasteiger partial charge in [0.2, 0.25) is 5.75 Å². The highest BCUT2D eigenvalue weighted by atomic mass is 32.2. The van der Waals surface area contributed by atoms with Gasteiger partial charge in [0.25, 0.3) is 0 Å². The largest absolute Gasteiger partial charge is 0.372 e. The Labute approximate surface area is 133 Å². The van der Waals surface area contributed by atoms with Crippen LogP contribution in [0.15, 0.2) is 41.3 Å². The molecule has 2 aromatic rings. The molecule has 0 atom stereocenters. The van der Waals surface area contributed by atoms with Crippen LogP contribution in [-0.4, -0.2) is 13.3 Å². The maximum atomic E-state index is 12.4. The van der Waals surface area contributed by atoms with Gasteiger partial charge in [-0.15, -0.1) is 0 Å². The summed E-state index contributed by atoms with van der Waals surface area (Å²) in [4.78, 5) is 10.2. The molecule has 7 nitrogen and oxygen atoms in total. The Balaban J connectivity index is 2.48. The molecule has 23 heavy (non-hydrogen) atoms. The van der Waals surface area contributed by atoms with Gasteiger partial charge in [0.15, 0.2) is 0 Å². The maximum Gasteiger partial charge on any atom is 0.339 e. The Morgan fingerprint density at radius 3 is 2.43 bits per heavy atom. The molecule has 0 aliphatic carbocycles. The highest BCUT2D eigenvalue weighted by molar-refractivity contribution is 7.87. The van der Waals surface area contributed by atoms with Gasteiger partial charge >= 0.3 is 15.8 Å². The van der Waals surface area contributed by atoms with Gasteiger partial charge < -0.3 is 4.18 Å². The summed E-state index contributed by atoms with van der Waals surface area (Å²) in [5.41, 5.74) is 0.803. The lowest BCUT2D eigenvalue weighted by molar-refractivity contribution is -0.385. The van der Waals surface area contributed by atoms with Gasteiger partial charge in [-0.1, -0.05) is 6.07 Å². The van der Waals surface area contributed by atoms with Gasteiger partial charge in [-0.25, -0.2) is 0 Å². The Morgan fingerprint density at radius 1 is 1.17 bits per heavy atom. The lowest BCUT2D eigenvalue weighted by atomic mass is 10.2. The fraction of sp³-hybridized carbons (Fsp3) is 0.133. The van der Waals surface area contributed by atoms with Crippen LogP contribution in [0, 0.1) is 35.3 Å². The van der Waals surface area contributed by atoms with E-state index < -0.39 is 20.7 Å². The fourth-order valence-corrected chi connectivity index (χ4v) is 3.16. The molecule has 0 saturated heterocycles. The molecule has 2 rings (SSSR count). The Hall–Kier alpha value is -2.92. The lowest BCUT2D eigenvalue weighted by Crippen LogP contribution is -2.12. The van der Waals surface area contributed by atoms with E-state index in [0.29, 0.717) is 16.7 Å². The van der Waals surface area contributed by atoms with Crippen LogP contribution in [0.2, 0.25) is 0 Å². The zero-order chi connectivity index (χ0) is 17.2. The van der Waals surface area contributed by atoms with E-state index in [2.05, 4.69) is 0 Å². The van der Waals surface area contributed by atoms with Crippen molar-refractivity contribution in [2.24, 2.45) is 0 Å². The first-order chi connectivity index (χ1) is 10.7. The standard InChI is InChI=1S/C15H12N2O5S/c1-10-3-5-14(13(7-10)17(18)19)22-23(20,21)15-6-4-12(9-16)8-11(15)2/h3-8H,1-2H3. The SMILES string of the molecule is Cc1ccc(OS(=O)(=O)c2ccc(C#N)cc2C)c([N+](=O)[O-])c1. The van der Waals surface area contributed by atoms with Crippen LogP contribution in [0.4, 0.5) is 5.69 Å². The number of hydrogen-bond acceptors (Lipinski definition) is 6. The number of benzene rings is 2. The molecule has 0 bridgehead atoms. The van der Waals surface area contributed by atoms with Gasteiger partial charge in [-0.2, -0.15) is 13.7 Å². The molecule has 0 aromatic heterocycles. The Bertz CT molecular complexity index is 929. The van der Waals surface area contributed by atoms with Gasteiger partial charge in [-0.3, -0.25) is 10.1 Å². The molecule has 0 radical (unpaired) electrons. The number of rotatable bonds is 4. The van der Waals surface area contributed by atoms with Crippen LogP contribution in [0.5, 0.6) is 5.75 Å².